The maximum atomic E-state index is 12.5. The molecule has 1 aromatic carbocycles. The number of carbonyl (C=O) groups is 1. The smallest absolute Gasteiger partial charge is 0.309 e. The summed E-state index contributed by atoms with van der Waals surface area (Å²) in [7, 11) is 0. The van der Waals surface area contributed by atoms with E-state index in [1.807, 2.05) is 31.2 Å². The molecule has 6 heteroatoms. The monoisotopic (exact) mass is 353 g/mol. The van der Waals surface area contributed by atoms with Crippen molar-refractivity contribution in [2.75, 3.05) is 0 Å². The topological polar surface area (TPSA) is 81.2 Å². The molecule has 26 heavy (non-hydrogen) atoms. The molecule has 2 heterocycles. The van der Waals surface area contributed by atoms with Gasteiger partial charge in [0.1, 0.15) is 5.58 Å². The molecule has 3 aromatic rings. The van der Waals surface area contributed by atoms with Crippen LogP contribution >= 0.6 is 0 Å². The van der Waals surface area contributed by atoms with Crippen molar-refractivity contribution in [2.45, 2.75) is 57.9 Å². The van der Waals surface area contributed by atoms with Crippen molar-refractivity contribution < 1.29 is 13.6 Å². The van der Waals surface area contributed by atoms with Crippen LogP contribution in [0.4, 0.5) is 0 Å². The first-order valence-electron chi connectivity index (χ1n) is 9.35. The van der Waals surface area contributed by atoms with Gasteiger partial charge in [0, 0.05) is 17.0 Å². The van der Waals surface area contributed by atoms with Crippen molar-refractivity contribution in [2.24, 2.45) is 0 Å². The zero-order valence-electron chi connectivity index (χ0n) is 15.0. The van der Waals surface area contributed by atoms with Gasteiger partial charge in [-0.1, -0.05) is 50.3 Å². The molecule has 1 saturated carbocycles. The highest BCUT2D eigenvalue weighted by atomic mass is 16.4. The number of rotatable bonds is 3. The molecule has 0 unspecified atom stereocenters. The van der Waals surface area contributed by atoms with Gasteiger partial charge in [0.25, 0.3) is 5.89 Å². The first kappa shape index (κ1) is 16.8. The lowest BCUT2D eigenvalue weighted by Gasteiger charge is -2.19. The van der Waals surface area contributed by atoms with Gasteiger partial charge in [-0.05, 0) is 25.8 Å². The fraction of sp³-hybridized carbons (Fsp3) is 0.450. The molecule has 0 radical (unpaired) electrons. The van der Waals surface area contributed by atoms with Crippen LogP contribution in [0.1, 0.15) is 61.2 Å². The van der Waals surface area contributed by atoms with E-state index in [4.69, 9.17) is 8.83 Å². The Bertz CT molecular complexity index is 904. The third-order valence-corrected chi connectivity index (χ3v) is 5.10. The lowest BCUT2D eigenvalue weighted by atomic mass is 9.97. The normalized spacial score (nSPS) is 16.3. The van der Waals surface area contributed by atoms with E-state index in [0.717, 1.165) is 42.2 Å². The minimum Gasteiger partial charge on any atom is -0.451 e. The quantitative estimate of drug-likeness (QED) is 0.742. The Balaban J connectivity index is 1.51. The molecule has 1 aliphatic rings. The van der Waals surface area contributed by atoms with Crippen LogP contribution in [0.5, 0.6) is 0 Å². The Morgan fingerprint density at radius 2 is 1.77 bits per heavy atom. The summed E-state index contributed by atoms with van der Waals surface area (Å²) < 4.78 is 11.4. The average molecular weight is 353 g/mol. The van der Waals surface area contributed by atoms with E-state index in [1.165, 1.54) is 19.3 Å². The second kappa shape index (κ2) is 7.32. The Labute approximate surface area is 152 Å². The van der Waals surface area contributed by atoms with Crippen LogP contribution in [-0.2, 0) is 0 Å². The number of hydrogen-bond donors (Lipinski definition) is 1. The van der Waals surface area contributed by atoms with Gasteiger partial charge in [0.05, 0.1) is 0 Å². The fourth-order valence-corrected chi connectivity index (χ4v) is 3.63. The number of carbonyl (C=O) groups excluding carboxylic acids is 1. The number of amides is 1. The molecule has 1 amide bonds. The third-order valence-electron chi connectivity index (χ3n) is 5.10. The van der Waals surface area contributed by atoms with Crippen molar-refractivity contribution in [3.8, 4) is 11.7 Å². The maximum Gasteiger partial charge on any atom is 0.309 e. The summed E-state index contributed by atoms with van der Waals surface area (Å²) in [6.07, 6.45) is 8.09. The lowest BCUT2D eigenvalue weighted by Crippen LogP contribution is -2.35. The van der Waals surface area contributed by atoms with E-state index < -0.39 is 0 Å². The van der Waals surface area contributed by atoms with Gasteiger partial charge < -0.3 is 14.2 Å². The summed E-state index contributed by atoms with van der Waals surface area (Å²) >= 11 is 0. The highest BCUT2D eigenvalue weighted by Crippen LogP contribution is 2.32. The molecule has 4 rings (SSSR count). The number of benzene rings is 1. The third kappa shape index (κ3) is 3.36. The highest BCUT2D eigenvalue weighted by molar-refractivity contribution is 5.90. The summed E-state index contributed by atoms with van der Waals surface area (Å²) in [5.41, 5.74) is 1.69. The maximum absolute atomic E-state index is 12.5. The summed E-state index contributed by atoms with van der Waals surface area (Å²) in [5, 5.41) is 12.0. The largest absolute Gasteiger partial charge is 0.451 e. The predicted molar refractivity (Wildman–Crippen MR) is 97.8 cm³/mol. The minimum absolute atomic E-state index is 0.0121. The number of nitrogens with one attached hydrogen (secondary N) is 1. The lowest BCUT2D eigenvalue weighted by molar-refractivity contribution is 0.0895. The molecule has 1 fully saturated rings. The van der Waals surface area contributed by atoms with Gasteiger partial charge >= 0.3 is 11.8 Å². The molecule has 0 spiro atoms. The molecule has 0 saturated heterocycles. The Morgan fingerprint density at radius 3 is 2.54 bits per heavy atom. The van der Waals surface area contributed by atoms with Crippen LogP contribution in [0, 0.1) is 6.92 Å². The van der Waals surface area contributed by atoms with Crippen molar-refractivity contribution in [1.29, 1.82) is 0 Å². The van der Waals surface area contributed by atoms with Gasteiger partial charge in [0.15, 0.2) is 5.76 Å². The Hall–Kier alpha value is -2.63. The zero-order valence-corrected chi connectivity index (χ0v) is 15.0. The van der Waals surface area contributed by atoms with Crippen molar-refractivity contribution in [1.82, 2.24) is 15.5 Å². The van der Waals surface area contributed by atoms with Crippen molar-refractivity contribution in [3.05, 3.63) is 35.7 Å². The number of hydrogen-bond acceptors (Lipinski definition) is 5. The molecule has 136 valence electrons. The minimum atomic E-state index is -0.303. The fourth-order valence-electron chi connectivity index (χ4n) is 3.63. The van der Waals surface area contributed by atoms with E-state index in [2.05, 4.69) is 15.5 Å². The first-order chi connectivity index (χ1) is 12.7. The van der Waals surface area contributed by atoms with Crippen molar-refractivity contribution >= 4 is 16.9 Å². The second-order valence-electron chi connectivity index (χ2n) is 6.98. The van der Waals surface area contributed by atoms with Crippen LogP contribution in [0.25, 0.3) is 22.6 Å². The van der Waals surface area contributed by atoms with E-state index >= 15 is 0 Å². The number of fused-ring (bicyclic) bond motifs is 1. The van der Waals surface area contributed by atoms with E-state index in [1.54, 1.807) is 0 Å². The van der Waals surface area contributed by atoms with E-state index in [0.29, 0.717) is 5.76 Å². The first-order valence-corrected chi connectivity index (χ1v) is 9.35. The van der Waals surface area contributed by atoms with Crippen molar-refractivity contribution in [3.63, 3.8) is 0 Å². The number of para-hydroxylation sites is 1. The Morgan fingerprint density at radius 1 is 1.04 bits per heavy atom. The molecule has 2 aromatic heterocycles. The standard InChI is InChI=1S/C20H23N3O3/c1-13-15-11-7-8-12-16(15)25-17(13)19-22-23-20(26-19)18(24)21-14-9-5-3-2-4-6-10-14/h7-8,11-12,14H,2-6,9-10H2,1H3,(H,21,24). The summed E-state index contributed by atoms with van der Waals surface area (Å²) in [6, 6.07) is 7.93. The molecular formula is C20H23N3O3. The van der Waals surface area contributed by atoms with Gasteiger partial charge in [-0.2, -0.15) is 0 Å². The zero-order chi connectivity index (χ0) is 17.9. The van der Waals surface area contributed by atoms with E-state index in [9.17, 15) is 4.79 Å². The molecule has 1 N–H and O–H groups in total. The number of aromatic nitrogens is 2. The summed E-state index contributed by atoms with van der Waals surface area (Å²) in [5.74, 6) is 0.440. The molecule has 0 aliphatic heterocycles. The van der Waals surface area contributed by atoms with Gasteiger partial charge in [0.2, 0.25) is 0 Å². The van der Waals surface area contributed by atoms with Gasteiger partial charge in [-0.25, -0.2) is 0 Å². The summed E-state index contributed by atoms with van der Waals surface area (Å²) in [6.45, 7) is 1.94. The van der Waals surface area contributed by atoms with Crippen LogP contribution in [0.3, 0.4) is 0 Å². The number of furan rings is 1. The molecule has 0 atom stereocenters. The molecular weight excluding hydrogens is 330 g/mol. The van der Waals surface area contributed by atoms with Crippen LogP contribution in [0.2, 0.25) is 0 Å². The molecule has 6 nitrogen and oxygen atoms in total. The summed E-state index contributed by atoms with van der Waals surface area (Å²) in [4.78, 5) is 12.5. The Kier molecular flexibility index (Phi) is 4.73. The van der Waals surface area contributed by atoms with Gasteiger partial charge in [-0.3, -0.25) is 4.79 Å². The van der Waals surface area contributed by atoms with Crippen LogP contribution < -0.4 is 5.32 Å². The van der Waals surface area contributed by atoms with Crippen LogP contribution in [-0.4, -0.2) is 22.1 Å². The molecule has 1 aliphatic carbocycles. The average Bonchev–Trinajstić information content (AvgIpc) is 3.23. The second-order valence-corrected chi connectivity index (χ2v) is 6.98. The predicted octanol–water partition coefficient (Wildman–Crippen LogP) is 4.63. The van der Waals surface area contributed by atoms with E-state index in [-0.39, 0.29) is 23.7 Å². The SMILES string of the molecule is Cc1c(-c2nnc(C(=O)NC3CCCCCCC3)o2)oc2ccccc12. The number of aryl methyl sites for hydroxylation is 1. The van der Waals surface area contributed by atoms with Crippen LogP contribution in [0.15, 0.2) is 33.1 Å². The number of nitrogens with zero attached hydrogens (tertiary/aromatic N) is 2. The highest BCUT2D eigenvalue weighted by Gasteiger charge is 2.23. The van der Waals surface area contributed by atoms with Gasteiger partial charge in [-0.15, -0.1) is 10.2 Å². The molecule has 0 bridgehead atoms.